The molecule has 1 aromatic heterocycles. The van der Waals surface area contributed by atoms with Gasteiger partial charge in [-0.2, -0.15) is 5.10 Å². The molecule has 0 bridgehead atoms. The SMILES string of the molecule is COC(=O)c1cc2n(n1)C[C@](C)(C(=O)NC1CCCCCC1)N(c1cccc(OC)c1)C2=O. The normalized spacial score (nSPS) is 21.2. The van der Waals surface area contributed by atoms with Crippen molar-refractivity contribution < 1.29 is 23.9 Å². The summed E-state index contributed by atoms with van der Waals surface area (Å²) in [4.78, 5) is 41.0. The van der Waals surface area contributed by atoms with Gasteiger partial charge < -0.3 is 14.8 Å². The lowest BCUT2D eigenvalue weighted by Gasteiger charge is -2.43. The molecule has 2 heterocycles. The van der Waals surface area contributed by atoms with Crippen LogP contribution in [-0.2, 0) is 16.1 Å². The van der Waals surface area contributed by atoms with E-state index in [9.17, 15) is 14.4 Å². The molecule has 176 valence electrons. The van der Waals surface area contributed by atoms with Crippen LogP contribution < -0.4 is 15.0 Å². The Balaban J connectivity index is 1.75. The fourth-order valence-corrected chi connectivity index (χ4v) is 4.70. The monoisotopic (exact) mass is 454 g/mol. The van der Waals surface area contributed by atoms with Gasteiger partial charge in [0.15, 0.2) is 5.69 Å². The molecule has 0 saturated heterocycles. The Morgan fingerprint density at radius 3 is 2.52 bits per heavy atom. The van der Waals surface area contributed by atoms with Crippen molar-refractivity contribution in [1.82, 2.24) is 15.1 Å². The maximum atomic E-state index is 13.7. The predicted molar refractivity (Wildman–Crippen MR) is 121 cm³/mol. The van der Waals surface area contributed by atoms with Crippen molar-refractivity contribution in [2.24, 2.45) is 0 Å². The second kappa shape index (κ2) is 9.25. The maximum Gasteiger partial charge on any atom is 0.358 e. The summed E-state index contributed by atoms with van der Waals surface area (Å²) in [6.45, 7) is 1.83. The number of esters is 1. The van der Waals surface area contributed by atoms with E-state index in [1.807, 2.05) is 0 Å². The minimum Gasteiger partial charge on any atom is -0.497 e. The topological polar surface area (TPSA) is 103 Å². The van der Waals surface area contributed by atoms with Crippen LogP contribution in [0.2, 0.25) is 0 Å². The number of nitrogens with one attached hydrogen (secondary N) is 1. The largest absolute Gasteiger partial charge is 0.497 e. The van der Waals surface area contributed by atoms with Crippen LogP contribution in [0.3, 0.4) is 0 Å². The zero-order valence-corrected chi connectivity index (χ0v) is 19.3. The second-order valence-electron chi connectivity index (χ2n) is 8.84. The molecule has 1 saturated carbocycles. The van der Waals surface area contributed by atoms with Crippen LogP contribution in [0.25, 0.3) is 0 Å². The van der Waals surface area contributed by atoms with Gasteiger partial charge in [0.2, 0.25) is 5.91 Å². The molecule has 1 aliphatic carbocycles. The number of carbonyl (C=O) groups excluding carboxylic acids is 3. The van der Waals surface area contributed by atoms with Gasteiger partial charge in [0.1, 0.15) is 17.0 Å². The molecule has 1 aromatic carbocycles. The molecule has 2 amide bonds. The molecule has 33 heavy (non-hydrogen) atoms. The summed E-state index contributed by atoms with van der Waals surface area (Å²) in [6, 6.07) is 8.53. The number of anilines is 1. The van der Waals surface area contributed by atoms with Crippen LogP contribution in [0.5, 0.6) is 5.75 Å². The van der Waals surface area contributed by atoms with E-state index in [-0.39, 0.29) is 29.9 Å². The van der Waals surface area contributed by atoms with Crippen molar-refractivity contribution in [2.45, 2.75) is 63.6 Å². The van der Waals surface area contributed by atoms with Gasteiger partial charge in [0.25, 0.3) is 5.91 Å². The van der Waals surface area contributed by atoms with Crippen LogP contribution in [0.15, 0.2) is 30.3 Å². The first kappa shape index (κ1) is 22.8. The third-order valence-corrected chi connectivity index (χ3v) is 6.54. The van der Waals surface area contributed by atoms with E-state index >= 15 is 0 Å². The Bertz CT molecular complexity index is 1060. The highest BCUT2D eigenvalue weighted by atomic mass is 16.5. The van der Waals surface area contributed by atoms with Crippen molar-refractivity contribution in [2.75, 3.05) is 19.1 Å². The average molecular weight is 455 g/mol. The van der Waals surface area contributed by atoms with Gasteiger partial charge in [-0.3, -0.25) is 19.2 Å². The predicted octanol–water partition coefficient (Wildman–Crippen LogP) is 2.94. The van der Waals surface area contributed by atoms with E-state index in [0.29, 0.717) is 11.4 Å². The molecular formula is C24H30N4O5. The number of hydrogen-bond donors (Lipinski definition) is 1. The van der Waals surface area contributed by atoms with Gasteiger partial charge in [-0.15, -0.1) is 0 Å². The lowest BCUT2D eigenvalue weighted by molar-refractivity contribution is -0.127. The van der Waals surface area contributed by atoms with Crippen LogP contribution in [0, 0.1) is 0 Å². The summed E-state index contributed by atoms with van der Waals surface area (Å²) >= 11 is 0. The third kappa shape index (κ3) is 4.31. The molecule has 2 aliphatic rings. The number of amides is 2. The summed E-state index contributed by atoms with van der Waals surface area (Å²) in [5, 5.41) is 7.46. The first-order chi connectivity index (χ1) is 15.9. The number of methoxy groups -OCH3 is 2. The van der Waals surface area contributed by atoms with Crippen LogP contribution in [0.1, 0.15) is 66.4 Å². The number of aromatic nitrogens is 2. The number of benzene rings is 1. The molecule has 9 heteroatoms. The maximum absolute atomic E-state index is 13.7. The minimum absolute atomic E-state index is 0.0277. The van der Waals surface area contributed by atoms with E-state index in [1.165, 1.54) is 35.6 Å². The van der Waals surface area contributed by atoms with Crippen molar-refractivity contribution >= 4 is 23.5 Å². The standard InChI is InChI=1S/C24H30N4O5/c1-24(23(31)25-16-9-6-4-5-7-10-16)15-27-20(14-19(26-27)22(30)33-3)21(29)28(24)17-11-8-12-18(13-17)32-2/h8,11-14,16H,4-7,9-10,15H2,1-3H3,(H,25,31)/t24-/m1/s1. The van der Waals surface area contributed by atoms with Crippen molar-refractivity contribution in [3.05, 3.63) is 41.7 Å². The van der Waals surface area contributed by atoms with E-state index in [0.717, 1.165) is 25.7 Å². The van der Waals surface area contributed by atoms with E-state index in [2.05, 4.69) is 10.4 Å². The second-order valence-corrected chi connectivity index (χ2v) is 8.84. The molecular weight excluding hydrogens is 424 g/mol. The lowest BCUT2D eigenvalue weighted by Crippen LogP contribution is -2.65. The number of fused-ring (bicyclic) bond motifs is 1. The average Bonchev–Trinajstić information content (AvgIpc) is 3.07. The minimum atomic E-state index is -1.26. The van der Waals surface area contributed by atoms with E-state index < -0.39 is 17.4 Å². The first-order valence-corrected chi connectivity index (χ1v) is 11.3. The van der Waals surface area contributed by atoms with Gasteiger partial charge in [0.05, 0.1) is 20.8 Å². The van der Waals surface area contributed by atoms with Crippen molar-refractivity contribution in [3.8, 4) is 5.75 Å². The molecule has 1 aliphatic heterocycles. The Morgan fingerprint density at radius 1 is 1.12 bits per heavy atom. The Kier molecular flexibility index (Phi) is 6.40. The molecule has 1 fully saturated rings. The van der Waals surface area contributed by atoms with Crippen molar-refractivity contribution in [1.29, 1.82) is 0 Å². The summed E-state index contributed by atoms with van der Waals surface area (Å²) < 4.78 is 11.5. The molecule has 2 aromatic rings. The quantitative estimate of drug-likeness (QED) is 0.550. The van der Waals surface area contributed by atoms with Crippen LogP contribution in [-0.4, -0.2) is 53.4 Å². The Labute approximate surface area is 193 Å². The molecule has 0 unspecified atom stereocenters. The van der Waals surface area contributed by atoms with Gasteiger partial charge in [-0.1, -0.05) is 31.7 Å². The number of rotatable bonds is 5. The van der Waals surface area contributed by atoms with Crippen molar-refractivity contribution in [3.63, 3.8) is 0 Å². The van der Waals surface area contributed by atoms with Gasteiger partial charge in [-0.25, -0.2) is 4.79 Å². The van der Waals surface area contributed by atoms with E-state index in [1.54, 1.807) is 38.3 Å². The summed E-state index contributed by atoms with van der Waals surface area (Å²) in [6.07, 6.45) is 6.34. The fourth-order valence-electron chi connectivity index (χ4n) is 4.70. The summed E-state index contributed by atoms with van der Waals surface area (Å²) in [5.74, 6) is -0.731. The first-order valence-electron chi connectivity index (χ1n) is 11.3. The zero-order valence-electron chi connectivity index (χ0n) is 19.3. The number of nitrogens with zero attached hydrogens (tertiary/aromatic N) is 3. The lowest BCUT2D eigenvalue weighted by atomic mass is 9.93. The van der Waals surface area contributed by atoms with Gasteiger partial charge >= 0.3 is 5.97 Å². The molecule has 4 rings (SSSR count). The number of hydrogen-bond acceptors (Lipinski definition) is 6. The number of ether oxygens (including phenoxy) is 2. The summed E-state index contributed by atoms with van der Waals surface area (Å²) in [7, 11) is 2.81. The molecule has 0 radical (unpaired) electrons. The highest BCUT2D eigenvalue weighted by Gasteiger charge is 2.49. The molecule has 1 atom stereocenters. The zero-order chi connectivity index (χ0) is 23.6. The van der Waals surface area contributed by atoms with E-state index in [4.69, 9.17) is 9.47 Å². The summed E-state index contributed by atoms with van der Waals surface area (Å²) in [5.41, 5.74) is -0.481. The highest BCUT2D eigenvalue weighted by Crippen LogP contribution is 2.35. The van der Waals surface area contributed by atoms with Gasteiger partial charge in [0, 0.05) is 23.9 Å². The molecule has 0 spiro atoms. The van der Waals surface area contributed by atoms with Crippen LogP contribution >= 0.6 is 0 Å². The third-order valence-electron chi connectivity index (χ3n) is 6.54. The molecule has 9 nitrogen and oxygen atoms in total. The Hall–Kier alpha value is -3.36. The smallest absolute Gasteiger partial charge is 0.358 e. The van der Waals surface area contributed by atoms with Crippen LogP contribution in [0.4, 0.5) is 5.69 Å². The fraction of sp³-hybridized carbons (Fsp3) is 0.500. The molecule has 1 N–H and O–H groups in total. The number of carbonyl (C=O) groups is 3. The van der Waals surface area contributed by atoms with Gasteiger partial charge in [-0.05, 0) is 31.9 Å². The Morgan fingerprint density at radius 2 is 1.85 bits per heavy atom. The highest BCUT2D eigenvalue weighted by molar-refractivity contribution is 6.12.